The van der Waals surface area contributed by atoms with E-state index in [-0.39, 0.29) is 17.6 Å². The molecule has 1 atom stereocenters. The molecule has 0 bridgehead atoms. The minimum atomic E-state index is -0.327. The Bertz CT molecular complexity index is 986. The van der Waals surface area contributed by atoms with Gasteiger partial charge in [0, 0.05) is 11.3 Å². The number of halogens is 1. The van der Waals surface area contributed by atoms with Gasteiger partial charge in [0.25, 0.3) is 0 Å². The van der Waals surface area contributed by atoms with Crippen molar-refractivity contribution in [3.05, 3.63) is 71.2 Å². The van der Waals surface area contributed by atoms with E-state index >= 15 is 0 Å². The number of rotatable bonds is 2. The van der Waals surface area contributed by atoms with Crippen LogP contribution >= 0.6 is 0 Å². The number of aromatic nitrogens is 2. The lowest BCUT2D eigenvalue weighted by atomic mass is 9.92. The molecular formula is C19H16FN3O. The highest BCUT2D eigenvalue weighted by molar-refractivity contribution is 5.97. The topological polar surface area (TPSA) is 46.9 Å². The molecule has 0 fully saturated rings. The monoisotopic (exact) mass is 321 g/mol. The summed E-state index contributed by atoms with van der Waals surface area (Å²) in [7, 11) is 0. The highest BCUT2D eigenvalue weighted by Crippen LogP contribution is 2.39. The zero-order chi connectivity index (χ0) is 16.8. The van der Waals surface area contributed by atoms with Gasteiger partial charge >= 0.3 is 0 Å². The molecule has 3 aromatic rings. The van der Waals surface area contributed by atoms with Crippen molar-refractivity contribution in [2.45, 2.75) is 19.9 Å². The fourth-order valence-corrected chi connectivity index (χ4v) is 3.38. The number of allylic oxidation sites excluding steroid dienone is 2. The van der Waals surface area contributed by atoms with E-state index in [0.717, 1.165) is 22.3 Å². The van der Waals surface area contributed by atoms with Crippen molar-refractivity contribution in [2.24, 2.45) is 0 Å². The number of hydrogen-bond acceptors (Lipinski definition) is 3. The van der Waals surface area contributed by atoms with Gasteiger partial charge in [0.1, 0.15) is 5.82 Å². The van der Waals surface area contributed by atoms with E-state index in [1.165, 1.54) is 12.1 Å². The largest absolute Gasteiger partial charge is 0.329 e. The van der Waals surface area contributed by atoms with Crippen LogP contribution in [0.25, 0.3) is 11.0 Å². The van der Waals surface area contributed by atoms with E-state index in [2.05, 4.69) is 10.3 Å². The number of benzene rings is 2. The fraction of sp³-hybridized carbons (Fsp3) is 0.158. The number of fused-ring (bicyclic) bond motifs is 3. The summed E-state index contributed by atoms with van der Waals surface area (Å²) >= 11 is 0. The lowest BCUT2D eigenvalue weighted by Gasteiger charge is -2.30. The minimum absolute atomic E-state index is 0.0160. The summed E-state index contributed by atoms with van der Waals surface area (Å²) in [5.41, 5.74) is 4.08. The van der Waals surface area contributed by atoms with Crippen LogP contribution in [0.2, 0.25) is 0 Å². The quantitative estimate of drug-likeness (QED) is 0.774. The first-order valence-corrected chi connectivity index (χ1v) is 7.77. The van der Waals surface area contributed by atoms with Gasteiger partial charge in [-0.3, -0.25) is 9.36 Å². The summed E-state index contributed by atoms with van der Waals surface area (Å²) in [5.74, 6) is 0.374. The minimum Gasteiger partial charge on any atom is -0.329 e. The molecule has 24 heavy (non-hydrogen) atoms. The van der Waals surface area contributed by atoms with Crippen LogP contribution in [0.1, 0.15) is 25.5 Å². The van der Waals surface area contributed by atoms with Gasteiger partial charge in [0.05, 0.1) is 17.1 Å². The molecule has 0 saturated heterocycles. The molecule has 2 heterocycles. The predicted molar refractivity (Wildman–Crippen MR) is 91.3 cm³/mol. The van der Waals surface area contributed by atoms with Gasteiger partial charge in [0.2, 0.25) is 5.95 Å². The standard InChI is InChI=1S/C19H16FN3O/c1-11-17(12(2)24)18(13-7-9-14(20)10-8-13)23-16-6-4-3-5-15(16)22-19(23)21-11/h3-10,18H,1-2H3,(H,21,22). The molecule has 5 heteroatoms. The third kappa shape index (κ3) is 2.12. The van der Waals surface area contributed by atoms with Crippen LogP contribution in [0.4, 0.5) is 10.3 Å². The Labute approximate surface area is 138 Å². The Balaban J connectivity index is 2.03. The first-order chi connectivity index (χ1) is 11.6. The molecule has 4 nitrogen and oxygen atoms in total. The van der Waals surface area contributed by atoms with E-state index in [1.54, 1.807) is 19.1 Å². The zero-order valence-corrected chi connectivity index (χ0v) is 13.4. The molecule has 1 unspecified atom stereocenters. The Hall–Kier alpha value is -2.95. The summed E-state index contributed by atoms with van der Waals surface area (Å²) in [5, 5.41) is 3.23. The van der Waals surface area contributed by atoms with Crippen molar-refractivity contribution in [1.29, 1.82) is 0 Å². The molecule has 0 spiro atoms. The van der Waals surface area contributed by atoms with Crippen molar-refractivity contribution >= 4 is 22.8 Å². The lowest BCUT2D eigenvalue weighted by molar-refractivity contribution is -0.114. The molecule has 1 aliphatic heterocycles. The SMILES string of the molecule is CC(=O)C1=C(C)Nc2nc3ccccc3n2C1c1ccc(F)cc1. The number of imidazole rings is 1. The number of anilines is 1. The smallest absolute Gasteiger partial charge is 0.209 e. The average molecular weight is 321 g/mol. The van der Waals surface area contributed by atoms with E-state index in [0.29, 0.717) is 11.5 Å². The van der Waals surface area contributed by atoms with Gasteiger partial charge in [0.15, 0.2) is 5.78 Å². The molecule has 0 amide bonds. The number of hydrogen-bond donors (Lipinski definition) is 1. The third-order valence-corrected chi connectivity index (χ3v) is 4.40. The number of carbonyl (C=O) groups is 1. The Morgan fingerprint density at radius 3 is 2.58 bits per heavy atom. The van der Waals surface area contributed by atoms with Gasteiger partial charge in [-0.15, -0.1) is 0 Å². The second-order valence-electron chi connectivity index (χ2n) is 5.97. The molecule has 0 radical (unpaired) electrons. The zero-order valence-electron chi connectivity index (χ0n) is 13.4. The van der Waals surface area contributed by atoms with Crippen LogP contribution < -0.4 is 5.32 Å². The number of nitrogens with zero attached hydrogens (tertiary/aromatic N) is 2. The molecule has 1 aromatic heterocycles. The summed E-state index contributed by atoms with van der Waals surface area (Å²) in [6, 6.07) is 13.7. The average Bonchev–Trinajstić information content (AvgIpc) is 2.92. The highest BCUT2D eigenvalue weighted by Gasteiger charge is 2.32. The molecule has 0 aliphatic carbocycles. The van der Waals surface area contributed by atoms with E-state index in [4.69, 9.17) is 0 Å². The maximum absolute atomic E-state index is 13.4. The van der Waals surface area contributed by atoms with Crippen LogP contribution in [0.15, 0.2) is 59.8 Å². The van der Waals surface area contributed by atoms with Crippen LogP contribution in [0.3, 0.4) is 0 Å². The van der Waals surface area contributed by atoms with Crippen LogP contribution in [0, 0.1) is 5.82 Å². The van der Waals surface area contributed by atoms with Crippen molar-refractivity contribution in [1.82, 2.24) is 9.55 Å². The summed E-state index contributed by atoms with van der Waals surface area (Å²) in [6.07, 6.45) is 0. The van der Waals surface area contributed by atoms with Crippen molar-refractivity contribution < 1.29 is 9.18 Å². The lowest BCUT2D eigenvalue weighted by Crippen LogP contribution is -2.26. The third-order valence-electron chi connectivity index (χ3n) is 4.40. The van der Waals surface area contributed by atoms with E-state index in [9.17, 15) is 9.18 Å². The van der Waals surface area contributed by atoms with Gasteiger partial charge in [-0.1, -0.05) is 24.3 Å². The molecule has 4 rings (SSSR count). The van der Waals surface area contributed by atoms with Crippen LogP contribution in [-0.2, 0) is 4.79 Å². The van der Waals surface area contributed by atoms with Crippen molar-refractivity contribution in [3.8, 4) is 0 Å². The normalized spacial score (nSPS) is 16.9. The van der Waals surface area contributed by atoms with Crippen LogP contribution in [-0.4, -0.2) is 15.3 Å². The Kier molecular flexibility index (Phi) is 3.23. The predicted octanol–water partition coefficient (Wildman–Crippen LogP) is 4.05. The van der Waals surface area contributed by atoms with Gasteiger partial charge in [-0.05, 0) is 43.7 Å². The first kappa shape index (κ1) is 14.6. The molecule has 2 aromatic carbocycles. The molecule has 1 N–H and O–H groups in total. The summed E-state index contributed by atoms with van der Waals surface area (Å²) in [4.78, 5) is 16.9. The fourth-order valence-electron chi connectivity index (χ4n) is 3.38. The summed E-state index contributed by atoms with van der Waals surface area (Å²) in [6.45, 7) is 3.43. The van der Waals surface area contributed by atoms with Gasteiger partial charge < -0.3 is 5.32 Å². The summed E-state index contributed by atoms with van der Waals surface area (Å²) < 4.78 is 15.4. The van der Waals surface area contributed by atoms with Gasteiger partial charge in [-0.25, -0.2) is 9.37 Å². The molecule has 0 saturated carbocycles. The van der Waals surface area contributed by atoms with Crippen LogP contribution in [0.5, 0.6) is 0 Å². The van der Waals surface area contributed by atoms with E-state index < -0.39 is 0 Å². The Morgan fingerprint density at radius 1 is 1.17 bits per heavy atom. The second kappa shape index (κ2) is 5.30. The van der Waals surface area contributed by atoms with Crippen molar-refractivity contribution in [3.63, 3.8) is 0 Å². The molecule has 1 aliphatic rings. The molecule has 120 valence electrons. The number of nitrogens with one attached hydrogen (secondary N) is 1. The maximum atomic E-state index is 13.4. The first-order valence-electron chi connectivity index (χ1n) is 7.77. The maximum Gasteiger partial charge on any atom is 0.209 e. The van der Waals surface area contributed by atoms with Crippen molar-refractivity contribution in [2.75, 3.05) is 5.32 Å². The molecular weight excluding hydrogens is 305 g/mol. The Morgan fingerprint density at radius 2 is 1.88 bits per heavy atom. The number of para-hydroxylation sites is 2. The highest BCUT2D eigenvalue weighted by atomic mass is 19.1. The number of carbonyl (C=O) groups excluding carboxylic acids is 1. The second-order valence-corrected chi connectivity index (χ2v) is 5.97. The van der Waals surface area contributed by atoms with Gasteiger partial charge in [-0.2, -0.15) is 0 Å². The van der Waals surface area contributed by atoms with E-state index in [1.807, 2.05) is 35.8 Å². The number of ketones is 1. The number of Topliss-reactive ketones (excluding diaryl/α,β-unsaturated/α-hetero) is 1.